The highest BCUT2D eigenvalue weighted by Gasteiger charge is 2.16. The van der Waals surface area contributed by atoms with E-state index >= 15 is 0 Å². The van der Waals surface area contributed by atoms with Crippen molar-refractivity contribution in [2.75, 3.05) is 0 Å². The molecule has 0 aliphatic heterocycles. The molecule has 2 rings (SSSR count). The molecule has 0 radical (unpaired) electrons. The lowest BCUT2D eigenvalue weighted by atomic mass is 9.87. The first-order valence-electron chi connectivity index (χ1n) is 4.05. The van der Waals surface area contributed by atoms with Gasteiger partial charge in [-0.15, -0.1) is 0 Å². The molecule has 0 saturated carbocycles. The van der Waals surface area contributed by atoms with E-state index in [1.807, 2.05) is 18.2 Å². The monoisotopic (exact) mass is 158 g/mol. The van der Waals surface area contributed by atoms with Crippen LogP contribution in [0.3, 0.4) is 0 Å². The minimum atomic E-state index is 0.448. The van der Waals surface area contributed by atoms with E-state index in [9.17, 15) is 0 Å². The standard InChI is InChI=1S/C10H10N2/c11-12-10-7-3-5-8-4-1-2-6-9(8)10/h1-4,6-8,11H,5H2. The third kappa shape index (κ3) is 1.05. The first kappa shape index (κ1) is 7.22. The van der Waals surface area contributed by atoms with Gasteiger partial charge >= 0.3 is 0 Å². The van der Waals surface area contributed by atoms with Crippen molar-refractivity contribution in [3.63, 3.8) is 0 Å². The minimum absolute atomic E-state index is 0.448. The fraction of sp³-hybridized carbons (Fsp3) is 0.200. The Morgan fingerprint density at radius 2 is 2.25 bits per heavy atom. The highest BCUT2D eigenvalue weighted by atomic mass is 15.0. The van der Waals surface area contributed by atoms with E-state index in [0.717, 1.165) is 12.1 Å². The van der Waals surface area contributed by atoms with Crippen molar-refractivity contribution in [2.24, 2.45) is 11.0 Å². The zero-order chi connectivity index (χ0) is 8.39. The van der Waals surface area contributed by atoms with Crippen LogP contribution in [0.5, 0.6) is 0 Å². The van der Waals surface area contributed by atoms with Crippen molar-refractivity contribution in [3.05, 3.63) is 47.7 Å². The number of hydrogen-bond acceptors (Lipinski definition) is 2. The summed E-state index contributed by atoms with van der Waals surface area (Å²) in [6.07, 6.45) is 13.3. The predicted octanol–water partition coefficient (Wildman–Crippen LogP) is 2.97. The van der Waals surface area contributed by atoms with Gasteiger partial charge in [-0.25, -0.2) is 5.53 Å². The average Bonchev–Trinajstić information content (AvgIpc) is 2.17. The second-order valence-corrected chi connectivity index (χ2v) is 2.94. The summed E-state index contributed by atoms with van der Waals surface area (Å²) in [6.45, 7) is 0. The first-order chi connectivity index (χ1) is 5.92. The van der Waals surface area contributed by atoms with Gasteiger partial charge in [-0.2, -0.15) is 5.11 Å². The third-order valence-corrected chi connectivity index (χ3v) is 2.21. The Morgan fingerprint density at radius 1 is 1.33 bits per heavy atom. The van der Waals surface area contributed by atoms with Gasteiger partial charge in [0.25, 0.3) is 0 Å². The summed E-state index contributed by atoms with van der Waals surface area (Å²) < 4.78 is 0. The van der Waals surface area contributed by atoms with E-state index < -0.39 is 0 Å². The van der Waals surface area contributed by atoms with Crippen LogP contribution >= 0.6 is 0 Å². The lowest BCUT2D eigenvalue weighted by molar-refractivity contribution is 0.760. The zero-order valence-electron chi connectivity index (χ0n) is 6.70. The van der Waals surface area contributed by atoms with Crippen LogP contribution in [0.2, 0.25) is 0 Å². The molecule has 2 heteroatoms. The minimum Gasteiger partial charge on any atom is -0.204 e. The van der Waals surface area contributed by atoms with Crippen molar-refractivity contribution in [3.8, 4) is 0 Å². The second kappa shape index (κ2) is 2.89. The molecule has 0 amide bonds. The van der Waals surface area contributed by atoms with Gasteiger partial charge in [-0.3, -0.25) is 0 Å². The molecule has 1 N–H and O–H groups in total. The fourth-order valence-electron chi connectivity index (χ4n) is 1.59. The molecule has 2 aliphatic rings. The van der Waals surface area contributed by atoms with Crippen LogP contribution in [0.4, 0.5) is 0 Å². The van der Waals surface area contributed by atoms with Crippen LogP contribution in [-0.2, 0) is 0 Å². The number of hydrogen-bond donors (Lipinski definition) is 1. The summed E-state index contributed by atoms with van der Waals surface area (Å²) in [5, 5.41) is 3.49. The van der Waals surface area contributed by atoms with Crippen molar-refractivity contribution in [1.29, 1.82) is 5.53 Å². The average molecular weight is 158 g/mol. The molecule has 0 saturated heterocycles. The Kier molecular flexibility index (Phi) is 1.74. The summed E-state index contributed by atoms with van der Waals surface area (Å²) in [7, 11) is 0. The lowest BCUT2D eigenvalue weighted by Gasteiger charge is -2.19. The maximum absolute atomic E-state index is 6.98. The maximum atomic E-state index is 6.98. The van der Waals surface area contributed by atoms with Crippen LogP contribution in [0.15, 0.2) is 52.8 Å². The Balaban J connectivity index is 2.46. The molecule has 2 aliphatic carbocycles. The van der Waals surface area contributed by atoms with Crippen LogP contribution in [0, 0.1) is 11.4 Å². The summed E-state index contributed by atoms with van der Waals surface area (Å²) in [5.74, 6) is 0.448. The van der Waals surface area contributed by atoms with Crippen molar-refractivity contribution in [1.82, 2.24) is 0 Å². The van der Waals surface area contributed by atoms with Gasteiger partial charge in [0.2, 0.25) is 0 Å². The molecule has 1 unspecified atom stereocenters. The molecule has 12 heavy (non-hydrogen) atoms. The van der Waals surface area contributed by atoms with E-state index in [2.05, 4.69) is 23.3 Å². The van der Waals surface area contributed by atoms with E-state index in [0.29, 0.717) is 5.92 Å². The summed E-state index contributed by atoms with van der Waals surface area (Å²) in [6, 6.07) is 0. The third-order valence-electron chi connectivity index (χ3n) is 2.21. The smallest absolute Gasteiger partial charge is 0.0884 e. The number of rotatable bonds is 1. The van der Waals surface area contributed by atoms with Crippen molar-refractivity contribution in [2.45, 2.75) is 6.42 Å². The quantitative estimate of drug-likeness (QED) is 0.569. The van der Waals surface area contributed by atoms with Crippen LogP contribution < -0.4 is 0 Å². The van der Waals surface area contributed by atoms with Gasteiger partial charge in [0, 0.05) is 5.92 Å². The molecule has 0 aromatic rings. The van der Waals surface area contributed by atoms with E-state index in [1.54, 1.807) is 0 Å². The molecule has 0 fully saturated rings. The maximum Gasteiger partial charge on any atom is 0.0884 e. The van der Waals surface area contributed by atoms with E-state index in [4.69, 9.17) is 5.53 Å². The fourth-order valence-corrected chi connectivity index (χ4v) is 1.59. The number of nitrogens with zero attached hydrogens (tertiary/aromatic N) is 1. The molecule has 0 heterocycles. The molecule has 60 valence electrons. The second-order valence-electron chi connectivity index (χ2n) is 2.94. The van der Waals surface area contributed by atoms with Gasteiger partial charge in [0.1, 0.15) is 0 Å². The predicted molar refractivity (Wildman–Crippen MR) is 47.7 cm³/mol. The van der Waals surface area contributed by atoms with Crippen molar-refractivity contribution >= 4 is 0 Å². The highest BCUT2D eigenvalue weighted by Crippen LogP contribution is 2.30. The normalized spacial score (nSPS) is 25.8. The summed E-state index contributed by atoms with van der Waals surface area (Å²) >= 11 is 0. The number of allylic oxidation sites excluding steroid dienone is 7. The van der Waals surface area contributed by atoms with Gasteiger partial charge < -0.3 is 0 Å². The molecular weight excluding hydrogens is 148 g/mol. The Bertz CT molecular complexity index is 319. The Hall–Kier alpha value is -1.44. The Labute approximate surface area is 71.5 Å². The van der Waals surface area contributed by atoms with Gasteiger partial charge in [-0.1, -0.05) is 30.4 Å². The molecule has 0 spiro atoms. The molecule has 2 nitrogen and oxygen atoms in total. The van der Waals surface area contributed by atoms with Crippen LogP contribution in [0.1, 0.15) is 6.42 Å². The topological polar surface area (TPSA) is 36.2 Å². The first-order valence-corrected chi connectivity index (χ1v) is 4.05. The SMILES string of the molecule is N=NC1=C2C=CC=CC2CC=C1. The molecule has 1 atom stereocenters. The number of nitrogens with one attached hydrogen (secondary N) is 1. The molecule has 0 aromatic heterocycles. The Morgan fingerprint density at radius 3 is 3.08 bits per heavy atom. The highest BCUT2D eigenvalue weighted by molar-refractivity contribution is 5.43. The van der Waals surface area contributed by atoms with Gasteiger partial charge in [0.15, 0.2) is 0 Å². The summed E-state index contributed by atoms with van der Waals surface area (Å²) in [5.41, 5.74) is 8.95. The molecule has 0 aromatic carbocycles. The lowest BCUT2D eigenvalue weighted by Crippen LogP contribution is -2.05. The molecule has 0 bridgehead atoms. The van der Waals surface area contributed by atoms with E-state index in [1.165, 1.54) is 5.57 Å². The zero-order valence-corrected chi connectivity index (χ0v) is 6.70. The van der Waals surface area contributed by atoms with E-state index in [-0.39, 0.29) is 0 Å². The van der Waals surface area contributed by atoms with Crippen molar-refractivity contribution < 1.29 is 0 Å². The number of fused-ring (bicyclic) bond motifs is 1. The van der Waals surface area contributed by atoms with Gasteiger partial charge in [-0.05, 0) is 18.1 Å². The summed E-state index contributed by atoms with van der Waals surface area (Å²) in [4.78, 5) is 0. The van der Waals surface area contributed by atoms with Crippen LogP contribution in [0.25, 0.3) is 0 Å². The van der Waals surface area contributed by atoms with Gasteiger partial charge in [0.05, 0.1) is 5.70 Å². The largest absolute Gasteiger partial charge is 0.204 e. The molecular formula is C10H10N2. The van der Waals surface area contributed by atoms with Crippen LogP contribution in [-0.4, -0.2) is 0 Å².